The number of hydrogen-bond acceptors (Lipinski definition) is 3. The fourth-order valence-corrected chi connectivity index (χ4v) is 2.86. The minimum atomic E-state index is -0.148. The van der Waals surface area contributed by atoms with Crippen LogP contribution in [0.3, 0.4) is 0 Å². The summed E-state index contributed by atoms with van der Waals surface area (Å²) in [6.45, 7) is 3.62. The molecule has 6 nitrogen and oxygen atoms in total. The monoisotopic (exact) mass is 312 g/mol. The maximum atomic E-state index is 12.1. The highest BCUT2D eigenvalue weighted by Crippen LogP contribution is 2.19. The van der Waals surface area contributed by atoms with Crippen molar-refractivity contribution in [3.8, 4) is 0 Å². The van der Waals surface area contributed by atoms with Gasteiger partial charge < -0.3 is 10.2 Å². The molecule has 23 heavy (non-hydrogen) atoms. The quantitative estimate of drug-likeness (QED) is 0.878. The van der Waals surface area contributed by atoms with Crippen LogP contribution in [0.2, 0.25) is 0 Å². The van der Waals surface area contributed by atoms with Gasteiger partial charge >= 0.3 is 0 Å². The number of rotatable bonds is 5. The second-order valence-electron chi connectivity index (χ2n) is 5.95. The molecule has 1 fully saturated rings. The summed E-state index contributed by atoms with van der Waals surface area (Å²) in [6, 6.07) is 9.95. The first-order chi connectivity index (χ1) is 11.1. The van der Waals surface area contributed by atoms with E-state index in [0.717, 1.165) is 11.3 Å². The predicted octanol–water partition coefficient (Wildman–Crippen LogP) is 1.50. The van der Waals surface area contributed by atoms with E-state index in [-0.39, 0.29) is 17.7 Å². The van der Waals surface area contributed by atoms with E-state index in [2.05, 4.69) is 15.5 Å². The molecule has 0 bridgehead atoms. The zero-order valence-electron chi connectivity index (χ0n) is 13.1. The molecule has 0 unspecified atom stereocenters. The molecule has 120 valence electrons. The van der Waals surface area contributed by atoms with Crippen molar-refractivity contribution in [3.63, 3.8) is 0 Å². The first kappa shape index (κ1) is 15.3. The number of hydrogen-bond donors (Lipinski definition) is 2. The number of H-pyrrole nitrogens is 1. The Morgan fingerprint density at radius 1 is 1.39 bits per heavy atom. The largest absolute Gasteiger partial charge is 0.352 e. The van der Waals surface area contributed by atoms with E-state index >= 15 is 0 Å². The van der Waals surface area contributed by atoms with Crippen molar-refractivity contribution >= 4 is 11.8 Å². The third-order valence-electron chi connectivity index (χ3n) is 4.14. The molecule has 1 atom stereocenters. The van der Waals surface area contributed by atoms with Crippen LogP contribution in [0.15, 0.2) is 36.5 Å². The SMILES string of the molecule is Cc1[nH]ncc1C(=O)NC[C@@H]1CC(=O)N(Cc2ccccc2)C1. The lowest BCUT2D eigenvalue weighted by atomic mass is 10.1. The number of carbonyl (C=O) groups is 2. The Morgan fingerprint density at radius 2 is 2.17 bits per heavy atom. The molecule has 1 saturated heterocycles. The molecule has 1 aromatic carbocycles. The van der Waals surface area contributed by atoms with Crippen LogP contribution in [0.1, 0.15) is 28.0 Å². The Balaban J connectivity index is 1.52. The molecule has 0 spiro atoms. The Labute approximate surface area is 134 Å². The highest BCUT2D eigenvalue weighted by Gasteiger charge is 2.29. The molecule has 6 heteroatoms. The zero-order valence-corrected chi connectivity index (χ0v) is 13.1. The average molecular weight is 312 g/mol. The lowest BCUT2D eigenvalue weighted by Crippen LogP contribution is -2.31. The van der Waals surface area contributed by atoms with E-state index in [1.807, 2.05) is 42.2 Å². The van der Waals surface area contributed by atoms with Gasteiger partial charge in [-0.25, -0.2) is 0 Å². The van der Waals surface area contributed by atoms with Crippen molar-refractivity contribution in [3.05, 3.63) is 53.3 Å². The predicted molar refractivity (Wildman–Crippen MR) is 85.6 cm³/mol. The van der Waals surface area contributed by atoms with Crippen molar-refractivity contribution in [2.45, 2.75) is 19.9 Å². The molecule has 2 aromatic rings. The molecular formula is C17H20N4O2. The molecule has 1 aliphatic rings. The van der Waals surface area contributed by atoms with Crippen LogP contribution in [-0.2, 0) is 11.3 Å². The molecule has 0 radical (unpaired) electrons. The molecule has 2 heterocycles. The van der Waals surface area contributed by atoms with Crippen LogP contribution in [0.4, 0.5) is 0 Å². The number of amides is 2. The van der Waals surface area contributed by atoms with Crippen LogP contribution in [-0.4, -0.2) is 40.0 Å². The van der Waals surface area contributed by atoms with Gasteiger partial charge in [-0.3, -0.25) is 14.7 Å². The van der Waals surface area contributed by atoms with E-state index in [1.54, 1.807) is 0 Å². The summed E-state index contributed by atoms with van der Waals surface area (Å²) in [5.41, 5.74) is 2.42. The normalized spacial score (nSPS) is 17.5. The van der Waals surface area contributed by atoms with Crippen LogP contribution in [0.5, 0.6) is 0 Å². The third-order valence-corrected chi connectivity index (χ3v) is 4.14. The molecule has 3 rings (SSSR count). The Bertz CT molecular complexity index is 696. The van der Waals surface area contributed by atoms with Crippen LogP contribution in [0, 0.1) is 12.8 Å². The van der Waals surface area contributed by atoms with E-state index in [9.17, 15) is 9.59 Å². The van der Waals surface area contributed by atoms with E-state index in [0.29, 0.717) is 31.6 Å². The Hall–Kier alpha value is -2.63. The van der Waals surface area contributed by atoms with Crippen LogP contribution < -0.4 is 5.32 Å². The molecule has 2 N–H and O–H groups in total. The number of aromatic nitrogens is 2. The summed E-state index contributed by atoms with van der Waals surface area (Å²) >= 11 is 0. The maximum absolute atomic E-state index is 12.1. The maximum Gasteiger partial charge on any atom is 0.254 e. The number of likely N-dealkylation sites (tertiary alicyclic amines) is 1. The molecule has 2 amide bonds. The molecule has 0 saturated carbocycles. The number of aryl methyl sites for hydroxylation is 1. The van der Waals surface area contributed by atoms with Gasteiger partial charge in [0, 0.05) is 37.7 Å². The standard InChI is InChI=1S/C17H20N4O2/c1-12-15(9-19-20-12)17(23)18-8-14-7-16(22)21(11-14)10-13-5-3-2-4-6-13/h2-6,9,14H,7-8,10-11H2,1H3,(H,18,23)(H,19,20)/t14-/m0/s1. The first-order valence-electron chi connectivity index (χ1n) is 7.73. The minimum Gasteiger partial charge on any atom is -0.352 e. The summed E-state index contributed by atoms with van der Waals surface area (Å²) < 4.78 is 0. The molecular weight excluding hydrogens is 292 g/mol. The number of aromatic amines is 1. The Kier molecular flexibility index (Phi) is 4.41. The lowest BCUT2D eigenvalue weighted by Gasteiger charge is -2.17. The van der Waals surface area contributed by atoms with Gasteiger partial charge in [-0.2, -0.15) is 5.10 Å². The van der Waals surface area contributed by atoms with Crippen LogP contribution in [0.25, 0.3) is 0 Å². The molecule has 0 aliphatic carbocycles. The number of benzene rings is 1. The van der Waals surface area contributed by atoms with Gasteiger partial charge in [-0.1, -0.05) is 30.3 Å². The van der Waals surface area contributed by atoms with Crippen molar-refractivity contribution in [2.75, 3.05) is 13.1 Å². The van der Waals surface area contributed by atoms with Crippen molar-refractivity contribution in [1.29, 1.82) is 0 Å². The van der Waals surface area contributed by atoms with E-state index in [1.165, 1.54) is 6.20 Å². The summed E-state index contributed by atoms with van der Waals surface area (Å²) in [7, 11) is 0. The summed E-state index contributed by atoms with van der Waals surface area (Å²) in [6.07, 6.45) is 2.00. The van der Waals surface area contributed by atoms with Crippen LogP contribution >= 0.6 is 0 Å². The van der Waals surface area contributed by atoms with Gasteiger partial charge in [0.1, 0.15) is 0 Å². The number of nitrogens with one attached hydrogen (secondary N) is 2. The summed E-state index contributed by atoms with van der Waals surface area (Å²) in [4.78, 5) is 26.0. The average Bonchev–Trinajstić information content (AvgIpc) is 3.12. The summed E-state index contributed by atoms with van der Waals surface area (Å²) in [5.74, 6) is 0.153. The van der Waals surface area contributed by atoms with E-state index in [4.69, 9.17) is 0 Å². The molecule has 1 aliphatic heterocycles. The first-order valence-corrected chi connectivity index (χ1v) is 7.73. The lowest BCUT2D eigenvalue weighted by molar-refractivity contribution is -0.128. The van der Waals surface area contributed by atoms with Gasteiger partial charge in [0.25, 0.3) is 5.91 Å². The minimum absolute atomic E-state index is 0.146. The van der Waals surface area contributed by atoms with Gasteiger partial charge in [0.2, 0.25) is 5.91 Å². The van der Waals surface area contributed by atoms with Gasteiger partial charge in [0.15, 0.2) is 0 Å². The number of carbonyl (C=O) groups excluding carboxylic acids is 2. The fraction of sp³-hybridized carbons (Fsp3) is 0.353. The van der Waals surface area contributed by atoms with Gasteiger partial charge in [0.05, 0.1) is 11.8 Å². The second-order valence-corrected chi connectivity index (χ2v) is 5.95. The van der Waals surface area contributed by atoms with E-state index < -0.39 is 0 Å². The highest BCUT2D eigenvalue weighted by molar-refractivity contribution is 5.95. The number of nitrogens with zero attached hydrogens (tertiary/aromatic N) is 2. The second kappa shape index (κ2) is 6.64. The molecule has 1 aromatic heterocycles. The third kappa shape index (κ3) is 3.59. The fourth-order valence-electron chi connectivity index (χ4n) is 2.86. The zero-order chi connectivity index (χ0) is 16.2. The van der Waals surface area contributed by atoms with Crippen molar-refractivity contribution in [2.24, 2.45) is 5.92 Å². The smallest absolute Gasteiger partial charge is 0.254 e. The summed E-state index contributed by atoms with van der Waals surface area (Å²) in [5, 5.41) is 9.49. The topological polar surface area (TPSA) is 78.1 Å². The van der Waals surface area contributed by atoms with Gasteiger partial charge in [-0.15, -0.1) is 0 Å². The van der Waals surface area contributed by atoms with Crippen molar-refractivity contribution < 1.29 is 9.59 Å². The van der Waals surface area contributed by atoms with Gasteiger partial charge in [-0.05, 0) is 12.5 Å². The van der Waals surface area contributed by atoms with Crippen molar-refractivity contribution in [1.82, 2.24) is 20.4 Å². The highest BCUT2D eigenvalue weighted by atomic mass is 16.2. The Morgan fingerprint density at radius 3 is 2.87 bits per heavy atom.